The Bertz CT molecular complexity index is 554. The van der Waals surface area contributed by atoms with E-state index >= 15 is 0 Å². The summed E-state index contributed by atoms with van der Waals surface area (Å²) in [5.41, 5.74) is 2.31. The van der Waals surface area contributed by atoms with Crippen LogP contribution in [0.5, 0.6) is 0 Å². The predicted octanol–water partition coefficient (Wildman–Crippen LogP) is 3.70. The standard InChI is InChI=1S/C17H22N2O2/c1-13-6-5-7-14(11-18)16(13)19-12-17(10-15(20)21)8-3-2-4-9-17/h5-7,19H,2-4,8-10,12H2,1H3,(H,20,21). The Balaban J connectivity index is 2.16. The number of nitriles is 1. The predicted molar refractivity (Wildman–Crippen MR) is 82.2 cm³/mol. The van der Waals surface area contributed by atoms with Gasteiger partial charge in [-0.2, -0.15) is 5.26 Å². The summed E-state index contributed by atoms with van der Waals surface area (Å²) >= 11 is 0. The molecule has 2 rings (SSSR count). The molecule has 1 saturated carbocycles. The average molecular weight is 286 g/mol. The molecule has 1 aliphatic rings. The molecule has 2 N–H and O–H groups in total. The number of nitrogens with one attached hydrogen (secondary N) is 1. The molecule has 0 radical (unpaired) electrons. The lowest BCUT2D eigenvalue weighted by Crippen LogP contribution is -2.34. The second-order valence-corrected chi connectivity index (χ2v) is 6.09. The summed E-state index contributed by atoms with van der Waals surface area (Å²) in [7, 11) is 0. The van der Waals surface area contributed by atoms with E-state index in [2.05, 4.69) is 11.4 Å². The number of anilines is 1. The molecular formula is C17H22N2O2. The molecule has 1 aliphatic carbocycles. The van der Waals surface area contributed by atoms with E-state index in [0.717, 1.165) is 36.9 Å². The molecule has 0 aromatic heterocycles. The second-order valence-electron chi connectivity index (χ2n) is 6.09. The summed E-state index contributed by atoms with van der Waals surface area (Å²) < 4.78 is 0. The maximum absolute atomic E-state index is 11.2. The van der Waals surface area contributed by atoms with E-state index < -0.39 is 5.97 Å². The highest BCUT2D eigenvalue weighted by molar-refractivity contribution is 5.68. The lowest BCUT2D eigenvalue weighted by Gasteiger charge is -2.36. The maximum atomic E-state index is 11.2. The fraction of sp³-hybridized carbons (Fsp3) is 0.529. The van der Waals surface area contributed by atoms with Gasteiger partial charge in [-0.25, -0.2) is 0 Å². The van der Waals surface area contributed by atoms with Crippen molar-refractivity contribution in [2.45, 2.75) is 45.4 Å². The quantitative estimate of drug-likeness (QED) is 0.865. The van der Waals surface area contributed by atoms with Crippen LogP contribution in [-0.2, 0) is 4.79 Å². The molecule has 0 unspecified atom stereocenters. The van der Waals surface area contributed by atoms with Gasteiger partial charge in [-0.05, 0) is 36.8 Å². The molecule has 4 nitrogen and oxygen atoms in total. The van der Waals surface area contributed by atoms with Gasteiger partial charge in [0.1, 0.15) is 6.07 Å². The molecule has 4 heteroatoms. The van der Waals surface area contributed by atoms with Crippen molar-refractivity contribution in [3.63, 3.8) is 0 Å². The highest BCUT2D eigenvalue weighted by Gasteiger charge is 2.34. The third-order valence-electron chi connectivity index (χ3n) is 4.47. The summed E-state index contributed by atoms with van der Waals surface area (Å²) in [6.45, 7) is 2.59. The summed E-state index contributed by atoms with van der Waals surface area (Å²) in [6, 6.07) is 7.82. The van der Waals surface area contributed by atoms with E-state index in [4.69, 9.17) is 0 Å². The van der Waals surface area contributed by atoms with Crippen LogP contribution in [0.1, 0.15) is 49.7 Å². The first-order chi connectivity index (χ1) is 10.1. The minimum Gasteiger partial charge on any atom is -0.481 e. The molecule has 0 aliphatic heterocycles. The molecule has 0 bridgehead atoms. The van der Waals surface area contributed by atoms with Gasteiger partial charge < -0.3 is 10.4 Å². The van der Waals surface area contributed by atoms with Crippen LogP contribution in [-0.4, -0.2) is 17.6 Å². The number of aliphatic carboxylic acids is 1. The van der Waals surface area contributed by atoms with Gasteiger partial charge in [-0.3, -0.25) is 4.79 Å². The topological polar surface area (TPSA) is 73.1 Å². The molecule has 0 saturated heterocycles. The number of benzene rings is 1. The number of nitrogens with zero attached hydrogens (tertiary/aromatic N) is 1. The van der Waals surface area contributed by atoms with E-state index in [1.165, 1.54) is 6.42 Å². The first kappa shape index (κ1) is 15.4. The average Bonchev–Trinajstić information content (AvgIpc) is 2.46. The number of aryl methyl sites for hydroxylation is 1. The molecule has 1 aromatic rings. The third kappa shape index (κ3) is 3.75. The highest BCUT2D eigenvalue weighted by atomic mass is 16.4. The van der Waals surface area contributed by atoms with Gasteiger partial charge >= 0.3 is 5.97 Å². The summed E-state index contributed by atoms with van der Waals surface area (Å²) in [5.74, 6) is -0.732. The van der Waals surface area contributed by atoms with Crippen LogP contribution in [0.15, 0.2) is 18.2 Å². The number of carboxylic acid groups (broad SMARTS) is 1. The van der Waals surface area contributed by atoms with Crippen molar-refractivity contribution in [2.24, 2.45) is 5.41 Å². The van der Waals surface area contributed by atoms with Gasteiger partial charge in [0, 0.05) is 6.54 Å². The third-order valence-corrected chi connectivity index (χ3v) is 4.47. The Morgan fingerprint density at radius 1 is 1.38 bits per heavy atom. The zero-order valence-electron chi connectivity index (χ0n) is 12.5. The Hall–Kier alpha value is -2.02. The van der Waals surface area contributed by atoms with Crippen molar-refractivity contribution in [2.75, 3.05) is 11.9 Å². The van der Waals surface area contributed by atoms with Crippen molar-refractivity contribution in [1.82, 2.24) is 0 Å². The molecule has 112 valence electrons. The van der Waals surface area contributed by atoms with Gasteiger partial charge in [0.25, 0.3) is 0 Å². The zero-order valence-corrected chi connectivity index (χ0v) is 12.5. The normalized spacial score (nSPS) is 17.0. The van der Waals surface area contributed by atoms with Gasteiger partial charge in [-0.15, -0.1) is 0 Å². The number of carboxylic acids is 1. The minimum atomic E-state index is -0.732. The van der Waals surface area contributed by atoms with Gasteiger partial charge in [0.15, 0.2) is 0 Å². The first-order valence-corrected chi connectivity index (χ1v) is 7.52. The SMILES string of the molecule is Cc1cccc(C#N)c1NCC1(CC(=O)O)CCCCC1. The first-order valence-electron chi connectivity index (χ1n) is 7.52. The van der Waals surface area contributed by atoms with E-state index in [0.29, 0.717) is 12.1 Å². The number of carbonyl (C=O) groups is 1. The van der Waals surface area contributed by atoms with Crippen molar-refractivity contribution >= 4 is 11.7 Å². The van der Waals surface area contributed by atoms with Crippen LogP contribution >= 0.6 is 0 Å². The number of hydrogen-bond acceptors (Lipinski definition) is 3. The number of hydrogen-bond donors (Lipinski definition) is 2. The van der Waals surface area contributed by atoms with E-state index in [1.54, 1.807) is 6.07 Å². The van der Waals surface area contributed by atoms with Crippen LogP contribution in [0.25, 0.3) is 0 Å². The lowest BCUT2D eigenvalue weighted by atomic mass is 9.71. The fourth-order valence-corrected chi connectivity index (χ4v) is 3.31. The second kappa shape index (κ2) is 6.62. The Labute approximate surface area is 125 Å². The summed E-state index contributed by atoms with van der Waals surface area (Å²) in [5, 5.41) is 21.8. The monoisotopic (exact) mass is 286 g/mol. The summed E-state index contributed by atoms with van der Waals surface area (Å²) in [4.78, 5) is 11.2. The van der Waals surface area contributed by atoms with Crippen molar-refractivity contribution in [3.8, 4) is 6.07 Å². The van der Waals surface area contributed by atoms with Crippen molar-refractivity contribution < 1.29 is 9.90 Å². The Morgan fingerprint density at radius 2 is 2.10 bits per heavy atom. The molecule has 21 heavy (non-hydrogen) atoms. The highest BCUT2D eigenvalue weighted by Crippen LogP contribution is 2.39. The van der Waals surface area contributed by atoms with Gasteiger partial charge in [0.05, 0.1) is 17.7 Å². The van der Waals surface area contributed by atoms with Gasteiger partial charge in [-0.1, -0.05) is 31.4 Å². The molecule has 0 atom stereocenters. The molecule has 1 fully saturated rings. The van der Waals surface area contributed by atoms with Gasteiger partial charge in [0.2, 0.25) is 0 Å². The van der Waals surface area contributed by atoms with Crippen LogP contribution in [0.2, 0.25) is 0 Å². The molecule has 1 aromatic carbocycles. The molecule has 0 heterocycles. The van der Waals surface area contributed by atoms with E-state index in [1.807, 2.05) is 19.1 Å². The van der Waals surface area contributed by atoms with Crippen LogP contribution in [0.4, 0.5) is 5.69 Å². The van der Waals surface area contributed by atoms with Crippen molar-refractivity contribution in [3.05, 3.63) is 29.3 Å². The van der Waals surface area contributed by atoms with E-state index in [9.17, 15) is 15.2 Å². The lowest BCUT2D eigenvalue weighted by molar-refractivity contribution is -0.140. The largest absolute Gasteiger partial charge is 0.481 e. The molecule has 0 amide bonds. The molecule has 0 spiro atoms. The zero-order chi connectivity index (χ0) is 15.3. The van der Waals surface area contributed by atoms with E-state index in [-0.39, 0.29) is 11.8 Å². The maximum Gasteiger partial charge on any atom is 0.303 e. The fourth-order valence-electron chi connectivity index (χ4n) is 3.31. The smallest absolute Gasteiger partial charge is 0.303 e. The molecular weight excluding hydrogens is 264 g/mol. The number of rotatable bonds is 5. The minimum absolute atomic E-state index is 0.181. The summed E-state index contributed by atoms with van der Waals surface area (Å²) in [6.07, 6.45) is 5.46. The van der Waals surface area contributed by atoms with Crippen LogP contribution in [0, 0.1) is 23.7 Å². The van der Waals surface area contributed by atoms with Crippen LogP contribution < -0.4 is 5.32 Å². The Kier molecular flexibility index (Phi) is 4.85. The Morgan fingerprint density at radius 3 is 2.71 bits per heavy atom. The van der Waals surface area contributed by atoms with Crippen molar-refractivity contribution in [1.29, 1.82) is 5.26 Å². The van der Waals surface area contributed by atoms with Crippen LogP contribution in [0.3, 0.4) is 0 Å². The number of para-hydroxylation sites is 1.